The van der Waals surface area contributed by atoms with Gasteiger partial charge in [-0.3, -0.25) is 14.2 Å². The van der Waals surface area contributed by atoms with E-state index in [0.717, 1.165) is 0 Å². The second-order valence-electron chi connectivity index (χ2n) is 7.63. The first-order valence-corrected chi connectivity index (χ1v) is 10.3. The van der Waals surface area contributed by atoms with Gasteiger partial charge in [0.2, 0.25) is 5.82 Å². The van der Waals surface area contributed by atoms with Crippen molar-refractivity contribution in [3.8, 4) is 11.8 Å². The highest BCUT2D eigenvalue weighted by atomic mass is 16.6. The Kier molecular flexibility index (Phi) is 6.42. The molecular weight excluding hydrogens is 442 g/mol. The van der Waals surface area contributed by atoms with E-state index in [4.69, 9.17) is 10.5 Å². The molecule has 3 aromatic rings. The molecule has 2 aromatic heterocycles. The van der Waals surface area contributed by atoms with Crippen LogP contribution in [-0.4, -0.2) is 85.4 Å². The molecular formula is C22H23N7O5. The Labute approximate surface area is 194 Å². The molecule has 1 aliphatic heterocycles. The molecule has 0 spiro atoms. The quantitative estimate of drug-likeness (QED) is 0.349. The molecule has 12 nitrogen and oxygen atoms in total. The predicted octanol–water partition coefficient (Wildman–Crippen LogP) is -1.10. The highest BCUT2D eigenvalue weighted by Gasteiger charge is 2.47. The van der Waals surface area contributed by atoms with Gasteiger partial charge in [0.15, 0.2) is 23.8 Å². The number of aliphatic hydroxyl groups excluding tert-OH is 2. The second-order valence-corrected chi connectivity index (χ2v) is 7.63. The topological polar surface area (TPSA) is 169 Å². The van der Waals surface area contributed by atoms with Crippen LogP contribution in [0, 0.1) is 11.8 Å². The summed E-state index contributed by atoms with van der Waals surface area (Å²) in [5.74, 6) is 4.99. The van der Waals surface area contributed by atoms with Crippen LogP contribution in [0.5, 0.6) is 0 Å². The number of aliphatic hydroxyl groups is 2. The van der Waals surface area contributed by atoms with E-state index in [1.54, 1.807) is 31.3 Å². The minimum absolute atomic E-state index is 0.0534. The number of fused-ring (bicyclic) bond motifs is 1. The van der Waals surface area contributed by atoms with Crippen LogP contribution in [0.15, 0.2) is 36.7 Å². The van der Waals surface area contributed by atoms with Crippen molar-refractivity contribution in [3.05, 3.63) is 48.0 Å². The minimum atomic E-state index is -1.45. The number of hydrogen-bond donors (Lipinski definition) is 4. The standard InChI is InChI=1S/C22H23N7O5/c1-24-20(32)17-15(30)16(31)22(34-17)29-11-25-14-18(23)26-13(27-19(14)29)9-6-10-28(2)21(33)12-7-4-3-5-8-12/h3-5,7-8,11,15-17,22,30-31H,10H2,1-2H3,(H,24,32)(H2,23,26,27)/t15-,16+,17?,22?/m0/s1. The molecule has 1 fully saturated rings. The maximum atomic E-state index is 12.4. The molecule has 4 rings (SSSR count). The molecule has 0 aliphatic carbocycles. The van der Waals surface area contributed by atoms with E-state index in [-0.39, 0.29) is 35.3 Å². The number of nitrogens with two attached hydrogens (primary N) is 1. The summed E-state index contributed by atoms with van der Waals surface area (Å²) in [5, 5.41) is 23.0. The third-order valence-corrected chi connectivity index (χ3v) is 5.35. The van der Waals surface area contributed by atoms with Crippen LogP contribution in [0.3, 0.4) is 0 Å². The van der Waals surface area contributed by atoms with Gasteiger partial charge in [0.05, 0.1) is 12.9 Å². The smallest absolute Gasteiger partial charge is 0.254 e. The van der Waals surface area contributed by atoms with Crippen molar-refractivity contribution in [2.45, 2.75) is 24.5 Å². The molecule has 1 aliphatic rings. The lowest BCUT2D eigenvalue weighted by Crippen LogP contribution is -2.41. The lowest BCUT2D eigenvalue weighted by atomic mass is 10.1. The molecule has 4 atom stereocenters. The number of aromatic nitrogens is 4. The first-order valence-electron chi connectivity index (χ1n) is 10.3. The number of hydrogen-bond acceptors (Lipinski definition) is 9. The average Bonchev–Trinajstić information content (AvgIpc) is 3.39. The molecule has 3 heterocycles. The molecule has 2 unspecified atom stereocenters. The maximum absolute atomic E-state index is 12.4. The molecule has 2 amide bonds. The summed E-state index contributed by atoms with van der Waals surface area (Å²) in [6.07, 6.45) is -3.93. The van der Waals surface area contributed by atoms with Crippen molar-refractivity contribution in [1.29, 1.82) is 0 Å². The zero-order valence-corrected chi connectivity index (χ0v) is 18.4. The number of nitrogen functional groups attached to an aromatic ring is 1. The molecule has 34 heavy (non-hydrogen) atoms. The summed E-state index contributed by atoms with van der Waals surface area (Å²) >= 11 is 0. The van der Waals surface area contributed by atoms with Gasteiger partial charge in [0.25, 0.3) is 11.8 Å². The molecule has 5 N–H and O–H groups in total. The lowest BCUT2D eigenvalue weighted by Gasteiger charge is -2.16. The summed E-state index contributed by atoms with van der Waals surface area (Å²) in [6, 6.07) is 8.83. The van der Waals surface area contributed by atoms with Crippen molar-refractivity contribution >= 4 is 28.8 Å². The summed E-state index contributed by atoms with van der Waals surface area (Å²) < 4.78 is 6.94. The van der Waals surface area contributed by atoms with Gasteiger partial charge in [-0.15, -0.1) is 0 Å². The summed E-state index contributed by atoms with van der Waals surface area (Å²) in [4.78, 5) is 38.5. The van der Waals surface area contributed by atoms with E-state index in [1.165, 1.54) is 22.8 Å². The number of likely N-dealkylation sites (N-methyl/N-ethyl adjacent to an activating group) is 1. The third-order valence-electron chi connectivity index (χ3n) is 5.35. The number of carbonyl (C=O) groups is 2. The van der Waals surface area contributed by atoms with Crippen LogP contribution >= 0.6 is 0 Å². The number of amides is 2. The number of carbonyl (C=O) groups excluding carboxylic acids is 2. The fraction of sp³-hybridized carbons (Fsp3) is 0.318. The zero-order valence-electron chi connectivity index (χ0n) is 18.4. The van der Waals surface area contributed by atoms with Crippen molar-refractivity contribution < 1.29 is 24.5 Å². The first-order chi connectivity index (χ1) is 16.3. The Morgan fingerprint density at radius 1 is 1.24 bits per heavy atom. The van der Waals surface area contributed by atoms with Crippen LogP contribution in [0.1, 0.15) is 22.4 Å². The van der Waals surface area contributed by atoms with Gasteiger partial charge < -0.3 is 30.9 Å². The van der Waals surface area contributed by atoms with Crippen LogP contribution in [0.4, 0.5) is 5.82 Å². The van der Waals surface area contributed by atoms with E-state index in [1.807, 2.05) is 6.07 Å². The van der Waals surface area contributed by atoms with Gasteiger partial charge in [-0.05, 0) is 18.1 Å². The van der Waals surface area contributed by atoms with Gasteiger partial charge in [0, 0.05) is 19.7 Å². The van der Waals surface area contributed by atoms with Crippen LogP contribution < -0.4 is 11.1 Å². The Balaban J connectivity index is 1.57. The van der Waals surface area contributed by atoms with E-state index in [2.05, 4.69) is 32.1 Å². The highest BCUT2D eigenvalue weighted by Crippen LogP contribution is 2.32. The van der Waals surface area contributed by atoms with Crippen LogP contribution in [0.25, 0.3) is 11.2 Å². The predicted molar refractivity (Wildman–Crippen MR) is 120 cm³/mol. The van der Waals surface area contributed by atoms with Gasteiger partial charge in [-0.2, -0.15) is 0 Å². The molecule has 0 saturated carbocycles. The number of ether oxygens (including phenoxy) is 1. The van der Waals surface area contributed by atoms with Crippen molar-refractivity contribution in [1.82, 2.24) is 29.7 Å². The van der Waals surface area contributed by atoms with Gasteiger partial charge in [0.1, 0.15) is 17.7 Å². The van der Waals surface area contributed by atoms with Crippen LogP contribution in [0.2, 0.25) is 0 Å². The fourth-order valence-corrected chi connectivity index (χ4v) is 3.54. The SMILES string of the molecule is CNC(=O)C1OC(n2cnc3c(N)nc(C#CCN(C)C(=O)c4ccccc4)nc32)[C@H](O)[C@@H]1O. The summed E-state index contributed by atoms with van der Waals surface area (Å²) in [7, 11) is 3.03. The van der Waals surface area contributed by atoms with Gasteiger partial charge in [-0.1, -0.05) is 24.1 Å². The number of anilines is 1. The summed E-state index contributed by atoms with van der Waals surface area (Å²) in [6.45, 7) is 0.124. The lowest BCUT2D eigenvalue weighted by molar-refractivity contribution is -0.137. The third kappa shape index (κ3) is 4.27. The van der Waals surface area contributed by atoms with E-state index in [0.29, 0.717) is 5.56 Å². The highest BCUT2D eigenvalue weighted by molar-refractivity contribution is 5.94. The number of nitrogens with one attached hydrogen (secondary N) is 1. The number of nitrogens with zero attached hydrogens (tertiary/aromatic N) is 5. The van der Waals surface area contributed by atoms with E-state index in [9.17, 15) is 19.8 Å². The molecule has 1 aromatic carbocycles. The number of imidazole rings is 1. The van der Waals surface area contributed by atoms with E-state index >= 15 is 0 Å². The fourth-order valence-electron chi connectivity index (χ4n) is 3.54. The first kappa shape index (κ1) is 23.1. The molecule has 1 saturated heterocycles. The van der Waals surface area contributed by atoms with Crippen molar-refractivity contribution in [3.63, 3.8) is 0 Å². The normalized spacial score (nSPS) is 21.6. The monoisotopic (exact) mass is 465 g/mol. The number of benzene rings is 1. The van der Waals surface area contributed by atoms with Gasteiger partial charge >= 0.3 is 0 Å². The van der Waals surface area contributed by atoms with E-state index < -0.39 is 30.4 Å². The largest absolute Gasteiger partial charge is 0.387 e. The Morgan fingerprint density at radius 3 is 2.68 bits per heavy atom. The molecule has 0 radical (unpaired) electrons. The Bertz CT molecular complexity index is 1280. The Hall–Kier alpha value is -4.05. The molecule has 12 heteroatoms. The average molecular weight is 465 g/mol. The molecule has 0 bridgehead atoms. The summed E-state index contributed by atoms with van der Waals surface area (Å²) in [5.41, 5.74) is 7.01. The van der Waals surface area contributed by atoms with Crippen molar-refractivity contribution in [2.24, 2.45) is 0 Å². The number of rotatable bonds is 4. The van der Waals surface area contributed by atoms with Gasteiger partial charge in [-0.25, -0.2) is 15.0 Å². The zero-order chi connectivity index (χ0) is 24.4. The maximum Gasteiger partial charge on any atom is 0.254 e. The second kappa shape index (κ2) is 9.44. The minimum Gasteiger partial charge on any atom is -0.387 e. The van der Waals surface area contributed by atoms with Crippen molar-refractivity contribution in [2.75, 3.05) is 26.4 Å². The Morgan fingerprint density at radius 2 is 1.97 bits per heavy atom. The molecule has 176 valence electrons. The van der Waals surface area contributed by atoms with Crippen LogP contribution in [-0.2, 0) is 9.53 Å².